The maximum Gasteiger partial charge on any atom is 0.0323 e. The zero-order chi connectivity index (χ0) is 12.4. The Bertz CT molecular complexity index is 360. The fourth-order valence-corrected chi connectivity index (χ4v) is 3.14. The zero-order valence-electron chi connectivity index (χ0n) is 10.7. The maximum absolute atomic E-state index is 6.41. The third-order valence-corrected chi connectivity index (χ3v) is 4.93. The van der Waals surface area contributed by atoms with E-state index in [1.54, 1.807) is 0 Å². The van der Waals surface area contributed by atoms with Crippen molar-refractivity contribution >= 4 is 15.9 Å². The Hall–Kier alpha value is -0.340. The van der Waals surface area contributed by atoms with Crippen molar-refractivity contribution in [2.24, 2.45) is 23.5 Å². The molecule has 1 saturated carbocycles. The van der Waals surface area contributed by atoms with E-state index >= 15 is 0 Å². The molecule has 2 rings (SSSR count). The lowest BCUT2D eigenvalue weighted by Gasteiger charge is -2.35. The number of nitrogens with two attached hydrogens (primary N) is 1. The second-order valence-electron chi connectivity index (χ2n) is 5.61. The van der Waals surface area contributed by atoms with E-state index in [1.807, 2.05) is 0 Å². The van der Waals surface area contributed by atoms with Gasteiger partial charge in [0.1, 0.15) is 0 Å². The van der Waals surface area contributed by atoms with Gasteiger partial charge in [-0.2, -0.15) is 0 Å². The Morgan fingerprint density at radius 3 is 2.35 bits per heavy atom. The van der Waals surface area contributed by atoms with Gasteiger partial charge in [-0.25, -0.2) is 0 Å². The molecular formula is C15H22BrN. The Labute approximate surface area is 113 Å². The quantitative estimate of drug-likeness (QED) is 0.853. The third-order valence-electron chi connectivity index (χ3n) is 4.40. The Balaban J connectivity index is 2.05. The van der Waals surface area contributed by atoms with Gasteiger partial charge in [0, 0.05) is 10.5 Å². The van der Waals surface area contributed by atoms with Gasteiger partial charge in [-0.05, 0) is 48.3 Å². The molecule has 4 atom stereocenters. The van der Waals surface area contributed by atoms with Crippen LogP contribution in [-0.2, 0) is 0 Å². The number of halogens is 1. The van der Waals surface area contributed by atoms with Crippen LogP contribution in [-0.4, -0.2) is 0 Å². The number of rotatable bonds is 2. The monoisotopic (exact) mass is 295 g/mol. The van der Waals surface area contributed by atoms with E-state index < -0.39 is 0 Å². The van der Waals surface area contributed by atoms with E-state index in [0.717, 1.165) is 16.3 Å². The minimum absolute atomic E-state index is 0.207. The molecule has 1 aliphatic rings. The SMILES string of the molecule is CC1CCC(C(N)c2ccc(Br)cc2)CC1C. The highest BCUT2D eigenvalue weighted by atomic mass is 79.9. The van der Waals surface area contributed by atoms with Crippen LogP contribution in [0.4, 0.5) is 0 Å². The van der Waals surface area contributed by atoms with E-state index in [2.05, 4.69) is 54.0 Å². The number of hydrogen-bond acceptors (Lipinski definition) is 1. The molecule has 1 aromatic carbocycles. The molecule has 1 aliphatic carbocycles. The first-order chi connectivity index (χ1) is 8.08. The van der Waals surface area contributed by atoms with Crippen LogP contribution in [0.25, 0.3) is 0 Å². The minimum Gasteiger partial charge on any atom is -0.324 e. The molecule has 94 valence electrons. The summed E-state index contributed by atoms with van der Waals surface area (Å²) >= 11 is 3.47. The standard InChI is InChI=1S/C15H22BrN/c1-10-3-4-13(9-11(10)2)15(17)12-5-7-14(16)8-6-12/h5-8,10-11,13,15H,3-4,9,17H2,1-2H3. The lowest BCUT2D eigenvalue weighted by Crippen LogP contribution is -2.29. The normalized spacial score (nSPS) is 31.2. The summed E-state index contributed by atoms with van der Waals surface area (Å²) < 4.78 is 1.12. The molecule has 2 N–H and O–H groups in total. The van der Waals surface area contributed by atoms with Crippen LogP contribution in [0.5, 0.6) is 0 Å². The summed E-state index contributed by atoms with van der Waals surface area (Å²) in [5.41, 5.74) is 7.69. The van der Waals surface area contributed by atoms with Gasteiger partial charge in [0.25, 0.3) is 0 Å². The molecule has 0 saturated heterocycles. The minimum atomic E-state index is 0.207. The highest BCUT2D eigenvalue weighted by molar-refractivity contribution is 9.10. The molecule has 4 unspecified atom stereocenters. The summed E-state index contributed by atoms with van der Waals surface area (Å²) in [6, 6.07) is 8.68. The molecule has 0 heterocycles. The molecule has 0 aliphatic heterocycles. The van der Waals surface area contributed by atoms with Gasteiger partial charge in [0.2, 0.25) is 0 Å². The highest BCUT2D eigenvalue weighted by Crippen LogP contribution is 2.38. The predicted molar refractivity (Wildman–Crippen MR) is 76.7 cm³/mol. The predicted octanol–water partition coefficient (Wildman–Crippen LogP) is 4.52. The second-order valence-corrected chi connectivity index (χ2v) is 6.52. The smallest absolute Gasteiger partial charge is 0.0323 e. The Morgan fingerprint density at radius 2 is 1.76 bits per heavy atom. The van der Waals surface area contributed by atoms with Crippen molar-refractivity contribution in [3.63, 3.8) is 0 Å². The first-order valence-corrected chi connectivity index (χ1v) is 7.38. The summed E-state index contributed by atoms with van der Waals surface area (Å²) in [4.78, 5) is 0. The molecule has 1 fully saturated rings. The van der Waals surface area contributed by atoms with Crippen molar-refractivity contribution in [3.8, 4) is 0 Å². The van der Waals surface area contributed by atoms with E-state index in [1.165, 1.54) is 24.8 Å². The topological polar surface area (TPSA) is 26.0 Å². The van der Waals surface area contributed by atoms with Crippen LogP contribution in [0.15, 0.2) is 28.7 Å². The van der Waals surface area contributed by atoms with E-state index in [9.17, 15) is 0 Å². The first-order valence-electron chi connectivity index (χ1n) is 6.59. The van der Waals surface area contributed by atoms with E-state index in [4.69, 9.17) is 5.73 Å². The fraction of sp³-hybridized carbons (Fsp3) is 0.600. The van der Waals surface area contributed by atoms with Crippen LogP contribution >= 0.6 is 15.9 Å². The molecule has 0 amide bonds. The van der Waals surface area contributed by atoms with Crippen molar-refractivity contribution in [2.45, 2.75) is 39.2 Å². The fourth-order valence-electron chi connectivity index (χ4n) is 2.87. The van der Waals surface area contributed by atoms with Gasteiger partial charge in [0.05, 0.1) is 0 Å². The first kappa shape index (κ1) is 13.1. The molecule has 0 spiro atoms. The Morgan fingerprint density at radius 1 is 1.12 bits per heavy atom. The zero-order valence-corrected chi connectivity index (χ0v) is 12.3. The average Bonchev–Trinajstić information content (AvgIpc) is 2.33. The van der Waals surface area contributed by atoms with Gasteiger partial charge in [0.15, 0.2) is 0 Å². The van der Waals surface area contributed by atoms with Gasteiger partial charge < -0.3 is 5.73 Å². The molecule has 1 aromatic rings. The van der Waals surface area contributed by atoms with Gasteiger partial charge in [-0.15, -0.1) is 0 Å². The summed E-state index contributed by atoms with van der Waals surface area (Å²) in [6.45, 7) is 4.73. The van der Waals surface area contributed by atoms with Crippen LogP contribution in [0.2, 0.25) is 0 Å². The molecule has 2 heteroatoms. The van der Waals surface area contributed by atoms with Crippen molar-refractivity contribution in [1.29, 1.82) is 0 Å². The van der Waals surface area contributed by atoms with E-state index in [0.29, 0.717) is 5.92 Å². The summed E-state index contributed by atoms with van der Waals surface area (Å²) in [6.07, 6.45) is 3.89. The van der Waals surface area contributed by atoms with Crippen molar-refractivity contribution in [3.05, 3.63) is 34.3 Å². The lowest BCUT2D eigenvalue weighted by molar-refractivity contribution is 0.186. The Kier molecular flexibility index (Phi) is 4.26. The molecule has 1 nitrogen and oxygen atoms in total. The average molecular weight is 296 g/mol. The van der Waals surface area contributed by atoms with Crippen LogP contribution in [0, 0.1) is 17.8 Å². The van der Waals surface area contributed by atoms with Crippen LogP contribution in [0.3, 0.4) is 0 Å². The van der Waals surface area contributed by atoms with Gasteiger partial charge in [-0.1, -0.05) is 48.3 Å². The number of benzene rings is 1. The third kappa shape index (κ3) is 3.11. The molecule has 17 heavy (non-hydrogen) atoms. The van der Waals surface area contributed by atoms with Gasteiger partial charge >= 0.3 is 0 Å². The van der Waals surface area contributed by atoms with E-state index in [-0.39, 0.29) is 6.04 Å². The highest BCUT2D eigenvalue weighted by Gasteiger charge is 2.28. The van der Waals surface area contributed by atoms with Crippen LogP contribution in [0.1, 0.15) is 44.7 Å². The van der Waals surface area contributed by atoms with Gasteiger partial charge in [-0.3, -0.25) is 0 Å². The molecule has 0 radical (unpaired) electrons. The second kappa shape index (κ2) is 5.53. The summed E-state index contributed by atoms with van der Waals surface area (Å²) in [5, 5.41) is 0. The maximum atomic E-state index is 6.41. The molecule has 0 aromatic heterocycles. The summed E-state index contributed by atoms with van der Waals surface area (Å²) in [5.74, 6) is 2.33. The number of hydrogen-bond donors (Lipinski definition) is 1. The summed E-state index contributed by atoms with van der Waals surface area (Å²) in [7, 11) is 0. The van der Waals surface area contributed by atoms with Crippen molar-refractivity contribution in [2.75, 3.05) is 0 Å². The molecular weight excluding hydrogens is 274 g/mol. The largest absolute Gasteiger partial charge is 0.324 e. The van der Waals surface area contributed by atoms with Crippen molar-refractivity contribution < 1.29 is 0 Å². The molecule has 0 bridgehead atoms. The lowest BCUT2D eigenvalue weighted by atomic mass is 9.72. The van der Waals surface area contributed by atoms with Crippen LogP contribution < -0.4 is 5.73 Å². The van der Waals surface area contributed by atoms with Crippen molar-refractivity contribution in [1.82, 2.24) is 0 Å².